The third-order valence-electron chi connectivity index (χ3n) is 5.82. The minimum atomic E-state index is -4.60. The maximum Gasteiger partial charge on any atom is 0.416 e. The predicted molar refractivity (Wildman–Crippen MR) is 114 cm³/mol. The van der Waals surface area contributed by atoms with E-state index in [-0.39, 0.29) is 12.1 Å². The number of nitrogens with zero attached hydrogens (tertiary/aromatic N) is 1. The van der Waals surface area contributed by atoms with Crippen LogP contribution in [-0.4, -0.2) is 31.6 Å². The fourth-order valence-electron chi connectivity index (χ4n) is 4.23. The van der Waals surface area contributed by atoms with Crippen molar-refractivity contribution in [1.82, 2.24) is 4.90 Å². The molecule has 9 heteroatoms. The van der Waals surface area contributed by atoms with Crippen LogP contribution in [0.25, 0.3) is 0 Å². The molecule has 0 bridgehead atoms. The number of rotatable bonds is 4. The van der Waals surface area contributed by atoms with Crippen molar-refractivity contribution in [2.24, 2.45) is 0 Å². The van der Waals surface area contributed by atoms with Crippen LogP contribution in [0.15, 0.2) is 54.6 Å². The molecular weight excluding hydrogens is 457 g/mol. The minimum Gasteiger partial charge on any atom is -0.493 e. The van der Waals surface area contributed by atoms with Gasteiger partial charge in [0.1, 0.15) is 11.6 Å². The first-order valence-corrected chi connectivity index (χ1v) is 10.3. The van der Waals surface area contributed by atoms with E-state index in [0.717, 1.165) is 35.9 Å². The molecular formula is C25H20F5NO3. The second-order valence-corrected chi connectivity index (χ2v) is 7.80. The monoisotopic (exact) mass is 477 g/mol. The summed E-state index contributed by atoms with van der Waals surface area (Å²) in [4.78, 5) is 14.6. The first kappa shape index (κ1) is 23.5. The number of carbonyl (C=O) groups excluding carboxylic acids is 1. The van der Waals surface area contributed by atoms with Crippen molar-refractivity contribution in [3.63, 3.8) is 0 Å². The summed E-state index contributed by atoms with van der Waals surface area (Å²) in [6.45, 7) is 0.0676. The summed E-state index contributed by atoms with van der Waals surface area (Å²) in [5.41, 5.74) is 0.0354. The van der Waals surface area contributed by atoms with Crippen molar-refractivity contribution in [2.75, 3.05) is 20.8 Å². The Morgan fingerprint density at radius 2 is 1.68 bits per heavy atom. The van der Waals surface area contributed by atoms with E-state index in [1.54, 1.807) is 12.1 Å². The van der Waals surface area contributed by atoms with Gasteiger partial charge >= 0.3 is 6.18 Å². The summed E-state index contributed by atoms with van der Waals surface area (Å²) in [6, 6.07) is 9.42. The van der Waals surface area contributed by atoms with Crippen LogP contribution in [0.2, 0.25) is 0 Å². The van der Waals surface area contributed by atoms with Gasteiger partial charge in [0.2, 0.25) is 0 Å². The predicted octanol–water partition coefficient (Wildman–Crippen LogP) is 5.79. The molecule has 0 fully saturated rings. The van der Waals surface area contributed by atoms with Crippen molar-refractivity contribution < 1.29 is 36.2 Å². The Balaban J connectivity index is 1.91. The van der Waals surface area contributed by atoms with Gasteiger partial charge in [0, 0.05) is 6.54 Å². The topological polar surface area (TPSA) is 38.8 Å². The van der Waals surface area contributed by atoms with Crippen LogP contribution in [0.4, 0.5) is 22.0 Å². The lowest BCUT2D eigenvalue weighted by molar-refractivity contribution is -0.137. The standard InChI is InChI=1S/C25H20F5NO3/c1-33-21-11-14-8-9-31(24(32)19-12-17(26)6-7-20(19)27)23(18(14)13-22(21)34-2)15-4-3-5-16(10-15)25(28,29)30/h3-7,10-13,23H,8-9H2,1-2H3/t23-/m1/s1. The van der Waals surface area contributed by atoms with Gasteiger partial charge in [-0.2, -0.15) is 13.2 Å². The summed E-state index contributed by atoms with van der Waals surface area (Å²) in [5, 5.41) is 0. The molecule has 0 saturated carbocycles. The molecule has 0 saturated heterocycles. The maximum atomic E-state index is 14.4. The van der Waals surface area contributed by atoms with Gasteiger partial charge in [-0.1, -0.05) is 12.1 Å². The Labute approximate surface area is 192 Å². The SMILES string of the molecule is COc1cc2c(cc1OC)[C@@H](c1cccc(C(F)(F)F)c1)N(C(=O)c1cc(F)ccc1F)CC2. The van der Waals surface area contributed by atoms with E-state index in [1.165, 1.54) is 31.3 Å². The molecule has 4 nitrogen and oxygen atoms in total. The first-order valence-electron chi connectivity index (χ1n) is 10.3. The second kappa shape index (κ2) is 8.96. The number of ether oxygens (including phenoxy) is 2. The Morgan fingerprint density at radius 1 is 0.971 bits per heavy atom. The molecule has 0 unspecified atom stereocenters. The van der Waals surface area contributed by atoms with Crippen LogP contribution in [0.5, 0.6) is 11.5 Å². The van der Waals surface area contributed by atoms with Gasteiger partial charge in [0.05, 0.1) is 31.4 Å². The van der Waals surface area contributed by atoms with Crippen molar-refractivity contribution >= 4 is 5.91 Å². The smallest absolute Gasteiger partial charge is 0.416 e. The largest absolute Gasteiger partial charge is 0.493 e. The summed E-state index contributed by atoms with van der Waals surface area (Å²) in [7, 11) is 2.87. The number of hydrogen-bond acceptors (Lipinski definition) is 3. The number of carbonyl (C=O) groups is 1. The van der Waals surface area contributed by atoms with Crippen molar-refractivity contribution in [3.8, 4) is 11.5 Å². The van der Waals surface area contributed by atoms with Crippen LogP contribution in [0.1, 0.15) is 38.7 Å². The highest BCUT2D eigenvalue weighted by Gasteiger charge is 2.37. The van der Waals surface area contributed by atoms with Gasteiger partial charge in [-0.15, -0.1) is 0 Å². The average molecular weight is 477 g/mol. The zero-order valence-corrected chi connectivity index (χ0v) is 18.2. The van der Waals surface area contributed by atoms with Gasteiger partial charge in [-0.25, -0.2) is 8.78 Å². The molecule has 1 aliphatic rings. The number of benzene rings is 3. The first-order chi connectivity index (χ1) is 16.1. The summed E-state index contributed by atoms with van der Waals surface area (Å²) in [6.07, 6.45) is -4.28. The zero-order chi connectivity index (χ0) is 24.6. The lowest BCUT2D eigenvalue weighted by atomic mass is 9.86. The fourth-order valence-corrected chi connectivity index (χ4v) is 4.23. The Bertz CT molecular complexity index is 1240. The molecule has 178 valence electrons. The van der Waals surface area contributed by atoms with E-state index < -0.39 is 40.9 Å². The molecule has 3 aromatic rings. The molecule has 4 rings (SSSR count). The maximum absolute atomic E-state index is 14.4. The van der Waals surface area contributed by atoms with E-state index in [4.69, 9.17) is 9.47 Å². The van der Waals surface area contributed by atoms with Crippen LogP contribution in [0, 0.1) is 11.6 Å². The third kappa shape index (κ3) is 4.30. The van der Waals surface area contributed by atoms with E-state index in [1.807, 2.05) is 0 Å². The number of halogens is 5. The van der Waals surface area contributed by atoms with E-state index in [0.29, 0.717) is 23.5 Å². The fraction of sp³-hybridized carbons (Fsp3) is 0.240. The summed E-state index contributed by atoms with van der Waals surface area (Å²) >= 11 is 0. The molecule has 0 aliphatic carbocycles. The molecule has 0 spiro atoms. The van der Waals surface area contributed by atoms with Crippen LogP contribution < -0.4 is 9.47 Å². The second-order valence-electron chi connectivity index (χ2n) is 7.80. The summed E-state index contributed by atoms with van der Waals surface area (Å²) < 4.78 is 79.3. The molecule has 3 aromatic carbocycles. The molecule has 1 aliphatic heterocycles. The quantitative estimate of drug-likeness (QED) is 0.447. The van der Waals surface area contributed by atoms with Gasteiger partial charge in [-0.05, 0) is 65.6 Å². The van der Waals surface area contributed by atoms with Crippen molar-refractivity contribution in [2.45, 2.75) is 18.6 Å². The van der Waals surface area contributed by atoms with E-state index >= 15 is 0 Å². The molecule has 1 amide bonds. The van der Waals surface area contributed by atoms with Crippen LogP contribution in [-0.2, 0) is 12.6 Å². The van der Waals surface area contributed by atoms with Crippen LogP contribution >= 0.6 is 0 Å². The highest BCUT2D eigenvalue weighted by molar-refractivity contribution is 5.95. The molecule has 1 atom stereocenters. The average Bonchev–Trinajstić information content (AvgIpc) is 2.82. The normalized spacial score (nSPS) is 15.6. The van der Waals surface area contributed by atoms with Crippen LogP contribution in [0.3, 0.4) is 0 Å². The van der Waals surface area contributed by atoms with Gasteiger partial charge in [-0.3, -0.25) is 4.79 Å². The number of alkyl halides is 3. The molecule has 0 radical (unpaired) electrons. The van der Waals surface area contributed by atoms with E-state index in [9.17, 15) is 26.7 Å². The van der Waals surface area contributed by atoms with Crippen molar-refractivity contribution in [3.05, 3.63) is 94.0 Å². The number of amides is 1. The highest BCUT2D eigenvalue weighted by Crippen LogP contribution is 2.42. The molecule has 0 aromatic heterocycles. The molecule has 34 heavy (non-hydrogen) atoms. The van der Waals surface area contributed by atoms with Gasteiger partial charge < -0.3 is 14.4 Å². The third-order valence-corrected chi connectivity index (χ3v) is 5.82. The number of fused-ring (bicyclic) bond motifs is 1. The minimum absolute atomic E-state index is 0.0676. The van der Waals surface area contributed by atoms with Crippen molar-refractivity contribution in [1.29, 1.82) is 0 Å². The molecule has 0 N–H and O–H groups in total. The summed E-state index contributed by atoms with van der Waals surface area (Å²) in [5.74, 6) is -1.80. The lowest BCUT2D eigenvalue weighted by Crippen LogP contribution is -2.41. The van der Waals surface area contributed by atoms with Gasteiger partial charge in [0.25, 0.3) is 5.91 Å². The van der Waals surface area contributed by atoms with Gasteiger partial charge in [0.15, 0.2) is 11.5 Å². The Kier molecular flexibility index (Phi) is 6.20. The Hall–Kier alpha value is -3.62. The zero-order valence-electron chi connectivity index (χ0n) is 18.2. The molecule has 1 heterocycles. The van der Waals surface area contributed by atoms with E-state index in [2.05, 4.69) is 0 Å². The highest BCUT2D eigenvalue weighted by atomic mass is 19.4. The number of methoxy groups -OCH3 is 2. The number of hydrogen-bond donors (Lipinski definition) is 0. The lowest BCUT2D eigenvalue weighted by Gasteiger charge is -2.38. The Morgan fingerprint density at radius 3 is 2.35 bits per heavy atom.